The van der Waals surface area contributed by atoms with Gasteiger partial charge in [-0.05, 0) is 52.3 Å². The van der Waals surface area contributed by atoms with Gasteiger partial charge < -0.3 is 10.1 Å². The third-order valence-electron chi connectivity index (χ3n) is 4.70. The molecule has 1 heterocycles. The summed E-state index contributed by atoms with van der Waals surface area (Å²) in [6, 6.07) is 9.80. The van der Waals surface area contributed by atoms with Crippen LogP contribution in [0.15, 0.2) is 24.3 Å². The van der Waals surface area contributed by atoms with Crippen molar-refractivity contribution in [3.63, 3.8) is 0 Å². The SMILES string of the molecule is CNC1c2ccccc2CC1N1CC(C)(C)OC(C)(C)C1. The molecule has 116 valence electrons. The first kappa shape index (κ1) is 15.0. The zero-order chi connectivity index (χ0) is 15.3. The summed E-state index contributed by atoms with van der Waals surface area (Å²) in [5.41, 5.74) is 2.78. The van der Waals surface area contributed by atoms with Crippen molar-refractivity contribution < 1.29 is 4.74 Å². The van der Waals surface area contributed by atoms with Crippen LogP contribution in [0.5, 0.6) is 0 Å². The molecule has 0 spiro atoms. The van der Waals surface area contributed by atoms with Gasteiger partial charge in [-0.25, -0.2) is 0 Å². The predicted octanol–water partition coefficient (Wildman–Crippen LogP) is 2.76. The maximum Gasteiger partial charge on any atom is 0.0760 e. The van der Waals surface area contributed by atoms with E-state index in [1.807, 2.05) is 0 Å². The van der Waals surface area contributed by atoms with Crippen LogP contribution in [0.1, 0.15) is 44.9 Å². The first-order valence-corrected chi connectivity index (χ1v) is 8.01. The third kappa shape index (κ3) is 2.87. The van der Waals surface area contributed by atoms with Gasteiger partial charge in [0.1, 0.15) is 0 Å². The molecule has 1 aliphatic heterocycles. The van der Waals surface area contributed by atoms with E-state index in [-0.39, 0.29) is 11.2 Å². The molecular weight excluding hydrogens is 260 g/mol. The quantitative estimate of drug-likeness (QED) is 0.905. The largest absolute Gasteiger partial charge is 0.367 e. The molecule has 3 heteroatoms. The molecule has 0 saturated carbocycles. The van der Waals surface area contributed by atoms with Crippen LogP contribution >= 0.6 is 0 Å². The summed E-state index contributed by atoms with van der Waals surface area (Å²) in [4.78, 5) is 2.63. The van der Waals surface area contributed by atoms with Gasteiger partial charge in [-0.1, -0.05) is 24.3 Å². The van der Waals surface area contributed by atoms with Crippen molar-refractivity contribution in [3.8, 4) is 0 Å². The number of hydrogen-bond donors (Lipinski definition) is 1. The van der Waals surface area contributed by atoms with Crippen molar-refractivity contribution in [1.82, 2.24) is 10.2 Å². The maximum atomic E-state index is 6.23. The second-order valence-corrected chi connectivity index (χ2v) is 7.76. The predicted molar refractivity (Wildman–Crippen MR) is 86.6 cm³/mol. The standard InChI is InChI=1S/C18H28N2O/c1-17(2)11-20(12-18(3,4)21-17)15-10-13-8-6-7-9-14(13)16(15)19-5/h6-9,15-16,19H,10-12H2,1-5H3. The Bertz CT molecular complexity index is 508. The number of nitrogens with one attached hydrogen (secondary N) is 1. The summed E-state index contributed by atoms with van der Waals surface area (Å²) in [5.74, 6) is 0. The highest BCUT2D eigenvalue weighted by Crippen LogP contribution is 2.38. The second-order valence-electron chi connectivity index (χ2n) is 7.76. The Morgan fingerprint density at radius 2 is 1.71 bits per heavy atom. The zero-order valence-corrected chi connectivity index (χ0v) is 13.9. The molecule has 3 rings (SSSR count). The molecule has 2 unspecified atom stereocenters. The molecule has 1 N–H and O–H groups in total. The molecule has 1 saturated heterocycles. The number of fused-ring (bicyclic) bond motifs is 1. The van der Waals surface area contributed by atoms with Crippen molar-refractivity contribution in [3.05, 3.63) is 35.4 Å². The molecule has 0 bridgehead atoms. The van der Waals surface area contributed by atoms with Gasteiger partial charge in [0.2, 0.25) is 0 Å². The van der Waals surface area contributed by atoms with E-state index in [2.05, 4.69) is 69.2 Å². The normalized spacial score (nSPS) is 31.1. The first-order chi connectivity index (χ1) is 9.81. The van der Waals surface area contributed by atoms with Gasteiger partial charge in [0, 0.05) is 25.2 Å². The average Bonchev–Trinajstić information content (AvgIpc) is 2.73. The smallest absolute Gasteiger partial charge is 0.0760 e. The molecule has 0 amide bonds. The summed E-state index contributed by atoms with van der Waals surface area (Å²) >= 11 is 0. The minimum atomic E-state index is -0.0885. The lowest BCUT2D eigenvalue weighted by molar-refractivity contribution is -0.188. The van der Waals surface area contributed by atoms with Crippen LogP contribution in [-0.2, 0) is 11.2 Å². The highest BCUT2D eigenvalue weighted by atomic mass is 16.5. The summed E-state index contributed by atoms with van der Waals surface area (Å²) in [6.07, 6.45) is 1.13. The molecule has 1 aromatic rings. The Morgan fingerprint density at radius 1 is 1.10 bits per heavy atom. The third-order valence-corrected chi connectivity index (χ3v) is 4.70. The van der Waals surface area contributed by atoms with E-state index in [1.165, 1.54) is 11.1 Å². The Balaban J connectivity index is 1.87. The molecule has 3 nitrogen and oxygen atoms in total. The van der Waals surface area contributed by atoms with Gasteiger partial charge in [0.25, 0.3) is 0 Å². The summed E-state index contributed by atoms with van der Waals surface area (Å²) < 4.78 is 6.23. The zero-order valence-electron chi connectivity index (χ0n) is 13.9. The monoisotopic (exact) mass is 288 g/mol. The number of likely N-dealkylation sites (N-methyl/N-ethyl adjacent to an activating group) is 1. The Kier molecular flexibility index (Phi) is 3.63. The van der Waals surface area contributed by atoms with Crippen molar-refractivity contribution >= 4 is 0 Å². The van der Waals surface area contributed by atoms with Crippen LogP contribution < -0.4 is 5.32 Å². The molecule has 0 aromatic heterocycles. The highest BCUT2D eigenvalue weighted by molar-refractivity contribution is 5.37. The summed E-state index contributed by atoms with van der Waals surface area (Å²) in [7, 11) is 2.08. The Hall–Kier alpha value is -0.900. The van der Waals surface area contributed by atoms with E-state index in [0.717, 1.165) is 19.5 Å². The molecule has 0 radical (unpaired) electrons. The number of nitrogens with zero attached hydrogens (tertiary/aromatic N) is 1. The van der Waals surface area contributed by atoms with E-state index in [1.54, 1.807) is 0 Å². The number of morpholine rings is 1. The van der Waals surface area contributed by atoms with Gasteiger partial charge in [0.15, 0.2) is 0 Å². The average molecular weight is 288 g/mol. The molecule has 2 aliphatic rings. The number of rotatable bonds is 2. The van der Waals surface area contributed by atoms with Crippen LogP contribution in [0, 0.1) is 0 Å². The minimum Gasteiger partial charge on any atom is -0.367 e. The van der Waals surface area contributed by atoms with Crippen LogP contribution in [0.2, 0.25) is 0 Å². The van der Waals surface area contributed by atoms with E-state index in [0.29, 0.717) is 12.1 Å². The fourth-order valence-electron chi connectivity index (χ4n) is 4.34. The van der Waals surface area contributed by atoms with Gasteiger partial charge >= 0.3 is 0 Å². The van der Waals surface area contributed by atoms with Gasteiger partial charge in [0.05, 0.1) is 11.2 Å². The van der Waals surface area contributed by atoms with Gasteiger partial charge in [-0.3, -0.25) is 4.90 Å². The summed E-state index contributed by atoms with van der Waals surface area (Å²) in [6.45, 7) is 10.8. The lowest BCUT2D eigenvalue weighted by Gasteiger charge is -2.50. The topological polar surface area (TPSA) is 24.5 Å². The number of ether oxygens (including phenoxy) is 1. The first-order valence-electron chi connectivity index (χ1n) is 8.01. The molecule has 2 atom stereocenters. The minimum absolute atomic E-state index is 0.0885. The fourth-order valence-corrected chi connectivity index (χ4v) is 4.34. The van der Waals surface area contributed by atoms with E-state index in [4.69, 9.17) is 4.74 Å². The van der Waals surface area contributed by atoms with Crippen molar-refractivity contribution in [2.24, 2.45) is 0 Å². The van der Waals surface area contributed by atoms with Crippen LogP contribution in [-0.4, -0.2) is 42.3 Å². The fraction of sp³-hybridized carbons (Fsp3) is 0.667. The van der Waals surface area contributed by atoms with Crippen LogP contribution in [0.25, 0.3) is 0 Å². The van der Waals surface area contributed by atoms with Crippen molar-refractivity contribution in [1.29, 1.82) is 0 Å². The molecular formula is C18H28N2O. The van der Waals surface area contributed by atoms with Gasteiger partial charge in [-0.15, -0.1) is 0 Å². The lowest BCUT2D eigenvalue weighted by Crippen LogP contribution is -2.61. The molecule has 1 fully saturated rings. The molecule has 1 aliphatic carbocycles. The van der Waals surface area contributed by atoms with Crippen molar-refractivity contribution in [2.75, 3.05) is 20.1 Å². The van der Waals surface area contributed by atoms with E-state index in [9.17, 15) is 0 Å². The Labute approximate surface area is 128 Å². The maximum absolute atomic E-state index is 6.23. The second kappa shape index (κ2) is 5.08. The van der Waals surface area contributed by atoms with Crippen LogP contribution in [0.3, 0.4) is 0 Å². The number of hydrogen-bond acceptors (Lipinski definition) is 3. The van der Waals surface area contributed by atoms with E-state index >= 15 is 0 Å². The molecule has 21 heavy (non-hydrogen) atoms. The van der Waals surface area contributed by atoms with Gasteiger partial charge in [-0.2, -0.15) is 0 Å². The highest BCUT2D eigenvalue weighted by Gasteiger charge is 2.44. The Morgan fingerprint density at radius 3 is 2.33 bits per heavy atom. The number of benzene rings is 1. The van der Waals surface area contributed by atoms with Crippen molar-refractivity contribution in [2.45, 2.75) is 57.4 Å². The lowest BCUT2D eigenvalue weighted by atomic mass is 9.95. The summed E-state index contributed by atoms with van der Waals surface area (Å²) in [5, 5.41) is 3.54. The van der Waals surface area contributed by atoms with Crippen LogP contribution in [0.4, 0.5) is 0 Å². The van der Waals surface area contributed by atoms with E-state index < -0.39 is 0 Å². The molecule has 1 aromatic carbocycles.